The van der Waals surface area contributed by atoms with Gasteiger partial charge in [0.25, 0.3) is 5.91 Å². The molecule has 0 radical (unpaired) electrons. The highest BCUT2D eigenvalue weighted by atomic mass is 19.1. The summed E-state index contributed by atoms with van der Waals surface area (Å²) in [5.41, 5.74) is -0.960. The van der Waals surface area contributed by atoms with Crippen LogP contribution in [0.25, 0.3) is 0 Å². The second-order valence-corrected chi connectivity index (χ2v) is 5.26. The fourth-order valence-corrected chi connectivity index (χ4v) is 2.67. The topological polar surface area (TPSA) is 49.4 Å². The van der Waals surface area contributed by atoms with E-state index in [1.165, 1.54) is 11.8 Å². The van der Waals surface area contributed by atoms with E-state index in [0.717, 1.165) is 18.2 Å². The minimum Gasteiger partial charge on any atom is -0.340 e. The number of nitrogens with one attached hydrogen (secondary N) is 1. The maximum Gasteiger partial charge on any atom is 0.253 e. The van der Waals surface area contributed by atoms with E-state index in [9.17, 15) is 18.4 Å². The standard InChI is InChI=1S/C15H18F2N2O2/c1-4-15(5-2)14(21)19(9(3)13(20)18-15)12-7-10(16)6-11(17)8-12/h6-9H,4-5H2,1-3H3,(H,18,20). The molecule has 6 heteroatoms. The molecule has 0 spiro atoms. The van der Waals surface area contributed by atoms with Crippen LogP contribution in [0.4, 0.5) is 14.5 Å². The molecule has 1 aliphatic rings. The number of benzene rings is 1. The van der Waals surface area contributed by atoms with Crippen molar-refractivity contribution in [2.24, 2.45) is 0 Å². The first-order chi connectivity index (χ1) is 9.84. The van der Waals surface area contributed by atoms with Crippen molar-refractivity contribution in [1.29, 1.82) is 0 Å². The van der Waals surface area contributed by atoms with Gasteiger partial charge >= 0.3 is 0 Å². The zero-order valence-corrected chi connectivity index (χ0v) is 12.2. The van der Waals surface area contributed by atoms with Gasteiger partial charge in [-0.3, -0.25) is 14.5 Å². The molecule has 1 aliphatic heterocycles. The van der Waals surface area contributed by atoms with Gasteiger partial charge in [-0.2, -0.15) is 0 Å². The minimum atomic E-state index is -1.02. The highest BCUT2D eigenvalue weighted by Gasteiger charge is 2.48. The van der Waals surface area contributed by atoms with Crippen molar-refractivity contribution in [3.05, 3.63) is 29.8 Å². The fraction of sp³-hybridized carbons (Fsp3) is 0.467. The Morgan fingerprint density at radius 3 is 2.14 bits per heavy atom. The van der Waals surface area contributed by atoms with Crippen LogP contribution in [0.3, 0.4) is 0 Å². The molecule has 0 aromatic heterocycles. The third-order valence-corrected chi connectivity index (χ3v) is 4.09. The third kappa shape index (κ3) is 2.50. The van der Waals surface area contributed by atoms with E-state index < -0.39 is 23.2 Å². The lowest BCUT2D eigenvalue weighted by Gasteiger charge is -2.44. The number of anilines is 1. The molecule has 1 heterocycles. The molecule has 0 saturated carbocycles. The van der Waals surface area contributed by atoms with Gasteiger partial charge in [0.2, 0.25) is 5.91 Å². The van der Waals surface area contributed by atoms with Gasteiger partial charge in [0, 0.05) is 6.07 Å². The average molecular weight is 296 g/mol. The molecule has 2 amide bonds. The van der Waals surface area contributed by atoms with Crippen molar-refractivity contribution >= 4 is 17.5 Å². The largest absolute Gasteiger partial charge is 0.340 e. The molecule has 1 fully saturated rings. The predicted molar refractivity (Wildman–Crippen MR) is 74.8 cm³/mol. The molecule has 2 rings (SSSR count). The van der Waals surface area contributed by atoms with Crippen LogP contribution in [-0.2, 0) is 9.59 Å². The van der Waals surface area contributed by atoms with Gasteiger partial charge < -0.3 is 5.32 Å². The molecule has 0 bridgehead atoms. The lowest BCUT2D eigenvalue weighted by atomic mass is 9.87. The summed E-state index contributed by atoms with van der Waals surface area (Å²) in [5, 5.41) is 2.74. The molecule has 1 unspecified atom stereocenters. The number of halogens is 2. The second-order valence-electron chi connectivity index (χ2n) is 5.26. The van der Waals surface area contributed by atoms with Crippen molar-refractivity contribution in [3.8, 4) is 0 Å². The highest BCUT2D eigenvalue weighted by Crippen LogP contribution is 2.30. The summed E-state index contributed by atoms with van der Waals surface area (Å²) in [7, 11) is 0. The van der Waals surface area contributed by atoms with Crippen LogP contribution in [0, 0.1) is 11.6 Å². The van der Waals surface area contributed by atoms with E-state index in [1.54, 1.807) is 13.8 Å². The number of rotatable bonds is 3. The summed E-state index contributed by atoms with van der Waals surface area (Å²) in [6.07, 6.45) is 0.824. The van der Waals surface area contributed by atoms with E-state index in [0.29, 0.717) is 12.8 Å². The zero-order valence-electron chi connectivity index (χ0n) is 12.2. The number of carbonyl (C=O) groups excluding carboxylic acids is 2. The molecule has 1 aromatic rings. The van der Waals surface area contributed by atoms with Gasteiger partial charge in [-0.25, -0.2) is 8.78 Å². The lowest BCUT2D eigenvalue weighted by Crippen LogP contribution is -2.69. The summed E-state index contributed by atoms with van der Waals surface area (Å²) in [4.78, 5) is 26.1. The molecular formula is C15H18F2N2O2. The molecule has 0 aliphatic carbocycles. The first kappa shape index (κ1) is 15.4. The fourth-order valence-electron chi connectivity index (χ4n) is 2.67. The van der Waals surface area contributed by atoms with Gasteiger partial charge in [0.05, 0.1) is 5.69 Å². The monoisotopic (exact) mass is 296 g/mol. The van der Waals surface area contributed by atoms with Gasteiger partial charge in [0.15, 0.2) is 0 Å². The number of hydrogen-bond acceptors (Lipinski definition) is 2. The van der Waals surface area contributed by atoms with Crippen LogP contribution in [0.2, 0.25) is 0 Å². The first-order valence-corrected chi connectivity index (χ1v) is 6.96. The van der Waals surface area contributed by atoms with Crippen molar-refractivity contribution in [2.45, 2.75) is 45.2 Å². The number of nitrogens with zero attached hydrogens (tertiary/aromatic N) is 1. The molecule has 1 atom stereocenters. The van der Waals surface area contributed by atoms with Crippen LogP contribution in [0.15, 0.2) is 18.2 Å². The SMILES string of the molecule is CCC1(CC)NC(=O)C(C)N(c2cc(F)cc(F)c2)C1=O. The number of hydrogen-bond donors (Lipinski definition) is 1. The van der Waals surface area contributed by atoms with Crippen LogP contribution in [0.1, 0.15) is 33.6 Å². The summed E-state index contributed by atoms with van der Waals surface area (Å²) < 4.78 is 26.8. The van der Waals surface area contributed by atoms with E-state index in [2.05, 4.69) is 5.32 Å². The number of piperazine rings is 1. The Hall–Kier alpha value is -1.98. The molecule has 1 saturated heterocycles. The summed E-state index contributed by atoms with van der Waals surface area (Å²) in [6, 6.07) is 2.04. The van der Waals surface area contributed by atoms with Crippen molar-refractivity contribution < 1.29 is 18.4 Å². The maximum atomic E-state index is 13.4. The Morgan fingerprint density at radius 2 is 1.67 bits per heavy atom. The maximum absolute atomic E-state index is 13.4. The van der Waals surface area contributed by atoms with Crippen molar-refractivity contribution in [3.63, 3.8) is 0 Å². The van der Waals surface area contributed by atoms with E-state index in [4.69, 9.17) is 0 Å². The lowest BCUT2D eigenvalue weighted by molar-refractivity contribution is -0.138. The minimum absolute atomic E-state index is 0.0612. The molecule has 4 nitrogen and oxygen atoms in total. The molecular weight excluding hydrogens is 278 g/mol. The van der Waals surface area contributed by atoms with Crippen molar-refractivity contribution in [1.82, 2.24) is 5.32 Å². The first-order valence-electron chi connectivity index (χ1n) is 6.96. The molecule has 1 aromatic carbocycles. The molecule has 1 N–H and O–H groups in total. The predicted octanol–water partition coefficient (Wildman–Crippen LogP) is 2.37. The Morgan fingerprint density at radius 1 is 1.14 bits per heavy atom. The summed E-state index contributed by atoms with van der Waals surface area (Å²) in [6.45, 7) is 5.12. The Labute approximate surface area is 122 Å². The molecule has 114 valence electrons. The van der Waals surface area contributed by atoms with Gasteiger partial charge in [0.1, 0.15) is 23.2 Å². The third-order valence-electron chi connectivity index (χ3n) is 4.09. The smallest absolute Gasteiger partial charge is 0.253 e. The van der Waals surface area contributed by atoms with E-state index >= 15 is 0 Å². The number of amides is 2. The van der Waals surface area contributed by atoms with Gasteiger partial charge in [-0.15, -0.1) is 0 Å². The van der Waals surface area contributed by atoms with Crippen LogP contribution < -0.4 is 10.2 Å². The second kappa shape index (κ2) is 5.42. The molecule has 21 heavy (non-hydrogen) atoms. The quantitative estimate of drug-likeness (QED) is 0.931. The van der Waals surface area contributed by atoms with E-state index in [1.807, 2.05) is 0 Å². The summed E-state index contributed by atoms with van der Waals surface area (Å²) in [5.74, 6) is -2.24. The van der Waals surface area contributed by atoms with Crippen LogP contribution >= 0.6 is 0 Å². The van der Waals surface area contributed by atoms with Crippen LogP contribution in [-0.4, -0.2) is 23.4 Å². The normalized spacial score (nSPS) is 21.4. The zero-order chi connectivity index (χ0) is 15.8. The Kier molecular flexibility index (Phi) is 3.98. The summed E-state index contributed by atoms with van der Waals surface area (Å²) >= 11 is 0. The highest BCUT2D eigenvalue weighted by molar-refractivity contribution is 6.10. The van der Waals surface area contributed by atoms with Crippen LogP contribution in [0.5, 0.6) is 0 Å². The van der Waals surface area contributed by atoms with Crippen molar-refractivity contribution in [2.75, 3.05) is 4.90 Å². The van der Waals surface area contributed by atoms with Gasteiger partial charge in [-0.1, -0.05) is 13.8 Å². The Balaban J connectivity index is 2.53. The Bertz CT molecular complexity index is 565. The van der Waals surface area contributed by atoms with Gasteiger partial charge in [-0.05, 0) is 31.9 Å². The number of carbonyl (C=O) groups is 2. The average Bonchev–Trinajstić information content (AvgIpc) is 2.42. The van der Waals surface area contributed by atoms with E-state index in [-0.39, 0.29) is 17.5 Å².